The lowest BCUT2D eigenvalue weighted by molar-refractivity contribution is 0.111. The number of nitrogens with zero attached hydrogens (tertiary/aromatic N) is 1. The number of para-hydroxylation sites is 1. The number of rotatable bonds is 13. The molecule has 0 radical (unpaired) electrons. The van der Waals surface area contributed by atoms with Crippen LogP contribution in [0.2, 0.25) is 0 Å². The Kier molecular flexibility index (Phi) is 9.80. The van der Waals surface area contributed by atoms with Crippen LogP contribution in [0.5, 0.6) is 23.0 Å². The highest BCUT2D eigenvalue weighted by Gasteiger charge is 2.39. The van der Waals surface area contributed by atoms with Crippen LogP contribution in [0.1, 0.15) is 31.8 Å². The maximum absolute atomic E-state index is 14.3. The van der Waals surface area contributed by atoms with E-state index in [1.54, 1.807) is 36.4 Å². The van der Waals surface area contributed by atoms with Crippen LogP contribution in [0, 0.1) is 6.92 Å². The number of ether oxygens (including phenoxy) is 2. The van der Waals surface area contributed by atoms with Gasteiger partial charge in [-0.3, -0.25) is 9.59 Å². The zero-order valence-electron chi connectivity index (χ0n) is 23.1. The fraction of sp³-hybridized carbons (Fsp3) is 0.133. The summed E-state index contributed by atoms with van der Waals surface area (Å²) in [6, 6.07) is 22.1. The molecule has 0 spiro atoms. The van der Waals surface area contributed by atoms with E-state index in [0.29, 0.717) is 35.0 Å². The summed E-state index contributed by atoms with van der Waals surface area (Å²) < 4.78 is 53.1. The average molecular weight is 609 g/mol. The molecule has 0 amide bonds. The summed E-state index contributed by atoms with van der Waals surface area (Å²) in [7, 11) is -4.03. The first-order valence-corrected chi connectivity index (χ1v) is 15.1. The molecular formula is C30H29N2O8PS. The second-order valence-corrected chi connectivity index (χ2v) is 12.4. The summed E-state index contributed by atoms with van der Waals surface area (Å²) in [4.78, 5) is 22.8. The third-order valence-electron chi connectivity index (χ3n) is 6.14. The molecule has 0 unspecified atom stereocenters. The molecule has 0 saturated heterocycles. The van der Waals surface area contributed by atoms with E-state index in [4.69, 9.17) is 24.3 Å². The average Bonchev–Trinajstić information content (AvgIpc) is 3.00. The van der Waals surface area contributed by atoms with Gasteiger partial charge in [-0.15, -0.1) is 4.08 Å². The fourth-order valence-electron chi connectivity index (χ4n) is 3.83. The van der Waals surface area contributed by atoms with Gasteiger partial charge in [0.15, 0.2) is 23.0 Å². The number of carbonyl (C=O) groups excluding carboxylic acids is 2. The quantitative estimate of drug-likeness (QED) is 0.114. The molecular weight excluding hydrogens is 579 g/mol. The maximum Gasteiger partial charge on any atom is 0.400 e. The first-order chi connectivity index (χ1) is 20.2. The summed E-state index contributed by atoms with van der Waals surface area (Å²) in [5.41, 5.74) is 8.65. The van der Waals surface area contributed by atoms with Gasteiger partial charge in [0.1, 0.15) is 12.6 Å². The summed E-state index contributed by atoms with van der Waals surface area (Å²) in [5, 5.41) is 0. The van der Waals surface area contributed by atoms with Gasteiger partial charge in [-0.2, -0.15) is 0 Å². The number of aldehydes is 2. The predicted octanol–water partition coefficient (Wildman–Crippen LogP) is 5.80. The Morgan fingerprint density at radius 2 is 1.29 bits per heavy atom. The third-order valence-corrected chi connectivity index (χ3v) is 9.95. The van der Waals surface area contributed by atoms with Gasteiger partial charge in [0.25, 0.3) is 10.0 Å². The van der Waals surface area contributed by atoms with Crippen molar-refractivity contribution in [2.75, 3.05) is 20.0 Å². The van der Waals surface area contributed by atoms with E-state index in [9.17, 15) is 18.0 Å². The van der Waals surface area contributed by atoms with E-state index in [1.807, 2.05) is 6.92 Å². The molecule has 0 aliphatic carbocycles. The summed E-state index contributed by atoms with van der Waals surface area (Å²) in [6.07, 6.45) is 1.30. The second kappa shape index (κ2) is 13.5. The van der Waals surface area contributed by atoms with Crippen molar-refractivity contribution in [3.8, 4) is 23.0 Å². The number of hydrogen-bond donors (Lipinski definition) is 1. The first-order valence-electron chi connectivity index (χ1n) is 12.6. The van der Waals surface area contributed by atoms with Crippen LogP contribution in [-0.4, -0.2) is 39.3 Å². The number of benzene rings is 4. The highest BCUT2D eigenvalue weighted by Crippen LogP contribution is 2.51. The molecule has 4 rings (SSSR count). The Labute approximate surface area is 245 Å². The zero-order valence-corrected chi connectivity index (χ0v) is 24.8. The molecule has 0 aromatic heterocycles. The van der Waals surface area contributed by atoms with Crippen LogP contribution in [0.15, 0.2) is 89.8 Å². The fourth-order valence-corrected chi connectivity index (χ4v) is 7.17. The van der Waals surface area contributed by atoms with Crippen molar-refractivity contribution in [1.82, 2.24) is 4.08 Å². The molecule has 0 fully saturated rings. The lowest BCUT2D eigenvalue weighted by Crippen LogP contribution is -2.30. The number of sulfonamides is 1. The smallest absolute Gasteiger partial charge is 0.400 e. The molecule has 4 aromatic carbocycles. The Hall–Kier alpha value is -4.44. The monoisotopic (exact) mass is 608 g/mol. The van der Waals surface area contributed by atoms with Gasteiger partial charge in [0.2, 0.25) is 0 Å². The van der Waals surface area contributed by atoms with Crippen LogP contribution in [-0.2, 0) is 16.6 Å². The summed E-state index contributed by atoms with van der Waals surface area (Å²) >= 11 is 0. The van der Waals surface area contributed by atoms with Crippen LogP contribution in [0.25, 0.3) is 0 Å². The Bertz CT molecular complexity index is 1620. The molecule has 4 aromatic rings. The number of nitrogens with two attached hydrogens (primary N) is 1. The van der Waals surface area contributed by atoms with Gasteiger partial charge in [0.05, 0.1) is 25.7 Å². The Morgan fingerprint density at radius 3 is 1.76 bits per heavy atom. The Balaban J connectivity index is 1.90. The molecule has 0 bridgehead atoms. The van der Waals surface area contributed by atoms with E-state index in [1.165, 1.54) is 62.8 Å². The van der Waals surface area contributed by atoms with E-state index in [2.05, 4.69) is 0 Å². The van der Waals surface area contributed by atoms with E-state index in [-0.39, 0.29) is 34.4 Å². The molecule has 42 heavy (non-hydrogen) atoms. The molecule has 0 heterocycles. The molecule has 0 saturated carbocycles. The Morgan fingerprint density at radius 1 is 0.762 bits per heavy atom. The summed E-state index contributed by atoms with van der Waals surface area (Å²) in [6.45, 7) is 1.64. The van der Waals surface area contributed by atoms with Gasteiger partial charge < -0.3 is 24.3 Å². The van der Waals surface area contributed by atoms with Crippen molar-refractivity contribution in [3.63, 3.8) is 0 Å². The van der Waals surface area contributed by atoms with Crippen LogP contribution >= 0.6 is 8.53 Å². The lowest BCUT2D eigenvalue weighted by Gasteiger charge is -2.30. The highest BCUT2D eigenvalue weighted by atomic mass is 32.2. The van der Waals surface area contributed by atoms with E-state index >= 15 is 0 Å². The molecule has 218 valence electrons. The zero-order chi connectivity index (χ0) is 30.3. The minimum atomic E-state index is -4.27. The number of hydrogen-bond acceptors (Lipinski definition) is 9. The molecule has 0 atom stereocenters. The number of aryl methyl sites for hydroxylation is 1. The van der Waals surface area contributed by atoms with Crippen molar-refractivity contribution in [3.05, 3.63) is 107 Å². The van der Waals surface area contributed by atoms with Crippen LogP contribution < -0.4 is 24.3 Å². The minimum Gasteiger partial charge on any atom is -0.493 e. The molecule has 0 aliphatic heterocycles. The number of nitrogen functional groups attached to an aromatic ring is 1. The van der Waals surface area contributed by atoms with Crippen molar-refractivity contribution in [2.45, 2.75) is 18.4 Å². The third kappa shape index (κ3) is 6.88. The van der Waals surface area contributed by atoms with Gasteiger partial charge in [-0.05, 0) is 67.1 Å². The summed E-state index contributed by atoms with van der Waals surface area (Å²) in [5.74, 6) is 0.627. The van der Waals surface area contributed by atoms with Crippen molar-refractivity contribution < 1.29 is 36.5 Å². The molecule has 2 N–H and O–H groups in total. The van der Waals surface area contributed by atoms with Crippen molar-refractivity contribution in [1.29, 1.82) is 0 Å². The van der Waals surface area contributed by atoms with Crippen molar-refractivity contribution >= 4 is 36.8 Å². The standard InChI is InChI=1S/C30H29N2O8PS/c1-21-8-12-25(13-9-21)42(35,36)32(18-24-6-4-5-7-26(24)31)41(39-27-14-10-22(19-33)16-29(27)37-2)40-28-15-11-23(20-34)17-30(28)38-3/h4-17,19-20H,18,31H2,1-3H3. The number of anilines is 1. The maximum atomic E-state index is 14.3. The number of carbonyl (C=O) groups is 2. The van der Waals surface area contributed by atoms with Gasteiger partial charge >= 0.3 is 8.53 Å². The van der Waals surface area contributed by atoms with Crippen LogP contribution in [0.3, 0.4) is 0 Å². The van der Waals surface area contributed by atoms with Crippen LogP contribution in [0.4, 0.5) is 5.69 Å². The SMILES string of the molecule is COc1cc(C=O)ccc1OP(Oc1ccc(C=O)cc1OC)N(Cc1ccccc1N)S(=O)(=O)c1ccc(C)cc1. The van der Waals surface area contributed by atoms with E-state index < -0.39 is 18.5 Å². The van der Waals surface area contributed by atoms with Gasteiger partial charge in [0, 0.05) is 16.8 Å². The molecule has 12 heteroatoms. The van der Waals surface area contributed by atoms with Crippen molar-refractivity contribution in [2.24, 2.45) is 0 Å². The normalized spacial score (nSPS) is 11.3. The van der Waals surface area contributed by atoms with Gasteiger partial charge in [-0.25, -0.2) is 8.42 Å². The number of methoxy groups -OCH3 is 2. The molecule has 0 aliphatic rings. The van der Waals surface area contributed by atoms with E-state index in [0.717, 1.165) is 9.64 Å². The largest absolute Gasteiger partial charge is 0.493 e. The predicted molar refractivity (Wildman–Crippen MR) is 160 cm³/mol. The second-order valence-electron chi connectivity index (χ2n) is 8.97. The lowest BCUT2D eigenvalue weighted by atomic mass is 10.2. The topological polar surface area (TPSA) is 134 Å². The first kappa shape index (κ1) is 30.5. The van der Waals surface area contributed by atoms with Gasteiger partial charge in [-0.1, -0.05) is 35.9 Å². The molecule has 10 nitrogen and oxygen atoms in total. The highest BCUT2D eigenvalue weighted by molar-refractivity contribution is 7.93. The minimum absolute atomic E-state index is 0.00818.